The molecule has 0 heterocycles. The first-order valence-electron chi connectivity index (χ1n) is 9.94. The van der Waals surface area contributed by atoms with Gasteiger partial charge in [0, 0.05) is 10.6 Å². The molecule has 2 heteroatoms. The number of allylic oxidation sites excluding steroid dienone is 2. The maximum atomic E-state index is 9.28. The van der Waals surface area contributed by atoms with Crippen molar-refractivity contribution < 1.29 is 5.11 Å². The van der Waals surface area contributed by atoms with E-state index in [-0.39, 0.29) is 6.61 Å². The Hall–Kier alpha value is -1.51. The summed E-state index contributed by atoms with van der Waals surface area (Å²) in [6, 6.07) is 15.8. The van der Waals surface area contributed by atoms with Gasteiger partial charge in [-0.3, -0.25) is 0 Å². The third kappa shape index (κ3) is 3.50. The van der Waals surface area contributed by atoms with Crippen LogP contribution in [0.1, 0.15) is 54.4 Å². The lowest BCUT2D eigenvalue weighted by Crippen LogP contribution is -2.09. The van der Waals surface area contributed by atoms with Crippen LogP contribution in [0.5, 0.6) is 0 Å². The molecule has 1 saturated carbocycles. The summed E-state index contributed by atoms with van der Waals surface area (Å²) in [5.41, 5.74) is 8.91. The third-order valence-electron chi connectivity index (χ3n) is 5.82. The molecule has 26 heavy (non-hydrogen) atoms. The Labute approximate surface area is 161 Å². The summed E-state index contributed by atoms with van der Waals surface area (Å²) in [5, 5.41) is 9.28. The fraction of sp³-hybridized carbons (Fsp3) is 0.417. The van der Waals surface area contributed by atoms with E-state index < -0.39 is 0 Å². The van der Waals surface area contributed by atoms with Gasteiger partial charge in [0.2, 0.25) is 0 Å². The smallest absolute Gasteiger partial charge is 0.0525 e. The normalized spacial score (nSPS) is 17.6. The van der Waals surface area contributed by atoms with Crippen LogP contribution in [-0.2, 0) is 6.42 Å². The summed E-state index contributed by atoms with van der Waals surface area (Å²) in [6.07, 6.45) is 7.84. The molecule has 0 spiro atoms. The van der Waals surface area contributed by atoms with Crippen molar-refractivity contribution in [3.63, 3.8) is 0 Å². The minimum Gasteiger partial charge on any atom is -0.396 e. The zero-order chi connectivity index (χ0) is 17.9. The van der Waals surface area contributed by atoms with E-state index in [1.54, 1.807) is 22.9 Å². The molecule has 0 aliphatic heterocycles. The number of thioether (sulfide) groups is 1. The van der Waals surface area contributed by atoms with E-state index in [0.29, 0.717) is 5.92 Å². The van der Waals surface area contributed by atoms with Gasteiger partial charge in [-0.25, -0.2) is 0 Å². The minimum atomic E-state index is 0.229. The van der Waals surface area contributed by atoms with Gasteiger partial charge in [0.05, 0.1) is 6.61 Å². The second kappa shape index (κ2) is 8.02. The largest absolute Gasteiger partial charge is 0.396 e. The Morgan fingerprint density at radius 3 is 2.62 bits per heavy atom. The van der Waals surface area contributed by atoms with Gasteiger partial charge in [-0.2, -0.15) is 0 Å². The molecule has 2 aliphatic carbocycles. The van der Waals surface area contributed by atoms with Crippen LogP contribution in [0.3, 0.4) is 0 Å². The van der Waals surface area contributed by atoms with E-state index in [4.69, 9.17) is 0 Å². The van der Waals surface area contributed by atoms with Crippen molar-refractivity contribution in [1.82, 2.24) is 0 Å². The molecule has 0 atom stereocenters. The van der Waals surface area contributed by atoms with E-state index in [1.165, 1.54) is 59.3 Å². The molecule has 2 aromatic carbocycles. The van der Waals surface area contributed by atoms with Gasteiger partial charge in [-0.05, 0) is 66.0 Å². The van der Waals surface area contributed by atoms with Gasteiger partial charge >= 0.3 is 0 Å². The average Bonchev–Trinajstić information content (AvgIpc) is 3.05. The van der Waals surface area contributed by atoms with Crippen molar-refractivity contribution in [2.24, 2.45) is 5.92 Å². The van der Waals surface area contributed by atoms with Crippen LogP contribution in [-0.4, -0.2) is 17.5 Å². The van der Waals surface area contributed by atoms with Crippen molar-refractivity contribution in [3.8, 4) is 0 Å². The lowest BCUT2D eigenvalue weighted by atomic mass is 9.79. The van der Waals surface area contributed by atoms with Crippen LogP contribution < -0.4 is 0 Å². The maximum absolute atomic E-state index is 9.28. The first-order valence-corrected chi connectivity index (χ1v) is 10.9. The summed E-state index contributed by atoms with van der Waals surface area (Å²) in [5.74, 6) is 1.47. The number of hydrogen-bond acceptors (Lipinski definition) is 2. The quantitative estimate of drug-likeness (QED) is 0.644. The summed E-state index contributed by atoms with van der Waals surface area (Å²) in [6.45, 7) is 2.43. The van der Waals surface area contributed by atoms with Crippen LogP contribution in [0.15, 0.2) is 47.4 Å². The Bertz CT molecular complexity index is 815. The highest BCUT2D eigenvalue weighted by atomic mass is 32.2. The van der Waals surface area contributed by atoms with Gasteiger partial charge in [0.15, 0.2) is 0 Å². The first kappa shape index (κ1) is 17.9. The van der Waals surface area contributed by atoms with Gasteiger partial charge in [-0.1, -0.05) is 61.2 Å². The lowest BCUT2D eigenvalue weighted by molar-refractivity contribution is 0.322. The van der Waals surface area contributed by atoms with Gasteiger partial charge < -0.3 is 5.11 Å². The summed E-state index contributed by atoms with van der Waals surface area (Å²) in [4.78, 5) is 1.31. The van der Waals surface area contributed by atoms with E-state index in [2.05, 4.69) is 49.4 Å². The van der Waals surface area contributed by atoms with Crippen molar-refractivity contribution in [2.75, 3.05) is 12.4 Å². The van der Waals surface area contributed by atoms with Crippen molar-refractivity contribution in [2.45, 2.75) is 50.3 Å². The van der Waals surface area contributed by atoms with Gasteiger partial charge in [0.25, 0.3) is 0 Å². The Kier molecular flexibility index (Phi) is 5.52. The fourth-order valence-electron chi connectivity index (χ4n) is 4.68. The molecule has 0 saturated heterocycles. The highest BCUT2D eigenvalue weighted by Gasteiger charge is 2.30. The molecular weight excluding hydrogens is 336 g/mol. The molecule has 1 nitrogen and oxygen atoms in total. The van der Waals surface area contributed by atoms with E-state index in [0.717, 1.165) is 12.2 Å². The third-order valence-corrected chi connectivity index (χ3v) is 6.87. The number of fused-ring (bicyclic) bond motifs is 1. The standard InChI is InChI=1S/C24H28OS/c1-17-11-12-20-19(15-17)16-22(24(20)18-7-3-2-4-8-18)21-9-5-6-10-23(21)26-14-13-25/h5-6,9-12,15,18,25H,2-4,7-8,13-14,16H2,1H3. The Balaban J connectivity index is 1.81. The summed E-state index contributed by atoms with van der Waals surface area (Å²) < 4.78 is 0. The zero-order valence-electron chi connectivity index (χ0n) is 15.6. The van der Waals surface area contributed by atoms with Gasteiger partial charge in [-0.15, -0.1) is 11.8 Å². The molecule has 0 radical (unpaired) electrons. The molecule has 0 bridgehead atoms. The highest BCUT2D eigenvalue weighted by molar-refractivity contribution is 7.99. The van der Waals surface area contributed by atoms with Crippen molar-refractivity contribution in [1.29, 1.82) is 0 Å². The molecule has 0 amide bonds. The number of aryl methyl sites for hydroxylation is 1. The molecule has 1 fully saturated rings. The summed E-state index contributed by atoms with van der Waals surface area (Å²) in [7, 11) is 0. The number of benzene rings is 2. The van der Waals surface area contributed by atoms with Crippen LogP contribution in [0.2, 0.25) is 0 Å². The number of rotatable bonds is 5. The SMILES string of the molecule is Cc1ccc2c(c1)CC(c1ccccc1SCCO)=C2C1CCCCC1. The van der Waals surface area contributed by atoms with Crippen LogP contribution >= 0.6 is 11.8 Å². The second-order valence-corrected chi connectivity index (χ2v) is 8.77. The molecule has 2 aromatic rings. The maximum Gasteiger partial charge on any atom is 0.0525 e. The first-order chi connectivity index (χ1) is 12.8. The monoisotopic (exact) mass is 364 g/mol. The molecular formula is C24H28OS. The molecule has 1 N–H and O–H groups in total. The van der Waals surface area contributed by atoms with Crippen molar-refractivity contribution in [3.05, 3.63) is 64.7 Å². The topological polar surface area (TPSA) is 20.2 Å². The van der Waals surface area contributed by atoms with Crippen LogP contribution in [0.4, 0.5) is 0 Å². The predicted octanol–water partition coefficient (Wildman–Crippen LogP) is 6.13. The summed E-state index contributed by atoms with van der Waals surface area (Å²) >= 11 is 1.78. The number of aliphatic hydroxyl groups is 1. The van der Waals surface area contributed by atoms with Crippen LogP contribution in [0, 0.1) is 12.8 Å². The van der Waals surface area contributed by atoms with E-state index in [9.17, 15) is 5.11 Å². The molecule has 4 rings (SSSR count). The fourth-order valence-corrected chi connectivity index (χ4v) is 5.51. The average molecular weight is 365 g/mol. The zero-order valence-corrected chi connectivity index (χ0v) is 16.4. The highest BCUT2D eigenvalue weighted by Crippen LogP contribution is 2.48. The minimum absolute atomic E-state index is 0.229. The predicted molar refractivity (Wildman–Crippen MR) is 113 cm³/mol. The molecule has 136 valence electrons. The van der Waals surface area contributed by atoms with Gasteiger partial charge in [0.1, 0.15) is 0 Å². The Morgan fingerprint density at radius 1 is 1.00 bits per heavy atom. The number of hydrogen-bond donors (Lipinski definition) is 1. The lowest BCUT2D eigenvalue weighted by Gasteiger charge is -2.26. The number of aliphatic hydroxyl groups excluding tert-OH is 1. The van der Waals surface area contributed by atoms with E-state index in [1.807, 2.05) is 0 Å². The van der Waals surface area contributed by atoms with Crippen LogP contribution in [0.25, 0.3) is 11.1 Å². The van der Waals surface area contributed by atoms with Crippen molar-refractivity contribution >= 4 is 22.9 Å². The van der Waals surface area contributed by atoms with E-state index >= 15 is 0 Å². The molecule has 0 aromatic heterocycles. The second-order valence-electron chi connectivity index (χ2n) is 7.63. The molecule has 0 unspecified atom stereocenters. The molecule has 2 aliphatic rings. The Morgan fingerprint density at radius 2 is 1.81 bits per heavy atom.